The molecule has 0 N–H and O–H groups in total. The summed E-state index contributed by atoms with van der Waals surface area (Å²) in [6.45, 7) is -0.0919. The average Bonchev–Trinajstić information content (AvgIpc) is 3.86. The van der Waals surface area contributed by atoms with Crippen molar-refractivity contribution >= 4 is 122 Å². The Balaban J connectivity index is 1.04. The predicted molar refractivity (Wildman–Crippen MR) is 314 cm³/mol. The van der Waals surface area contributed by atoms with Crippen molar-refractivity contribution in [2.45, 2.75) is 0 Å². The molecule has 74 heavy (non-hydrogen) atoms. The number of benzene rings is 13. The molecule has 0 amide bonds. The van der Waals surface area contributed by atoms with Crippen molar-refractivity contribution < 1.29 is 4.42 Å². The molecule has 16 rings (SSSR count). The number of fused-ring (bicyclic) bond motifs is 13. The fraction of sp³-hybridized carbons (Fsp3) is 0. The van der Waals surface area contributed by atoms with Crippen molar-refractivity contribution in [2.24, 2.45) is 0 Å². The second-order valence-electron chi connectivity index (χ2n) is 20.0. The Morgan fingerprint density at radius 3 is 1.23 bits per heavy atom. The quantitative estimate of drug-likeness (QED) is 0.127. The fourth-order valence-electron chi connectivity index (χ4n) is 12.5. The molecule has 3 nitrogen and oxygen atoms in total. The molecule has 0 fully saturated rings. The zero-order valence-electron chi connectivity index (χ0n) is 40.2. The molecule has 0 saturated carbocycles. The Morgan fingerprint density at radius 2 is 0.703 bits per heavy atom. The molecule has 0 bridgehead atoms. The molecule has 2 aliphatic heterocycles. The molecular weight excluding hydrogens is 896 g/mol. The van der Waals surface area contributed by atoms with Gasteiger partial charge in [0.25, 0.3) is 6.71 Å². The average molecular weight is 939 g/mol. The zero-order chi connectivity index (χ0) is 48.4. The zero-order valence-corrected chi connectivity index (χ0v) is 40.2. The second-order valence-corrected chi connectivity index (χ2v) is 20.0. The lowest BCUT2D eigenvalue weighted by atomic mass is 9.33. The van der Waals surface area contributed by atoms with Gasteiger partial charge in [0.15, 0.2) is 0 Å². The van der Waals surface area contributed by atoms with E-state index in [-0.39, 0.29) is 6.71 Å². The summed E-state index contributed by atoms with van der Waals surface area (Å²) >= 11 is 0. The molecule has 0 aliphatic carbocycles. The van der Waals surface area contributed by atoms with Crippen LogP contribution >= 0.6 is 0 Å². The van der Waals surface area contributed by atoms with Crippen LogP contribution in [0.1, 0.15) is 0 Å². The molecule has 3 heterocycles. The molecular formula is C70H43BN2O. The maximum atomic E-state index is 6.44. The van der Waals surface area contributed by atoms with Gasteiger partial charge in [-0.05, 0) is 161 Å². The van der Waals surface area contributed by atoms with Gasteiger partial charge in [0.2, 0.25) is 0 Å². The van der Waals surface area contributed by atoms with Crippen LogP contribution in [0.15, 0.2) is 265 Å². The molecule has 13 aromatic carbocycles. The van der Waals surface area contributed by atoms with Crippen molar-refractivity contribution in [1.29, 1.82) is 0 Å². The summed E-state index contributed by atoms with van der Waals surface area (Å²) < 4.78 is 6.44. The van der Waals surface area contributed by atoms with Crippen LogP contribution in [-0.2, 0) is 0 Å². The topological polar surface area (TPSA) is 19.6 Å². The van der Waals surface area contributed by atoms with E-state index in [2.05, 4.69) is 265 Å². The smallest absolute Gasteiger partial charge is 0.252 e. The maximum absolute atomic E-state index is 6.44. The summed E-state index contributed by atoms with van der Waals surface area (Å²) in [5, 5.41) is 12.0. The first-order valence-corrected chi connectivity index (χ1v) is 25.6. The molecule has 0 unspecified atom stereocenters. The van der Waals surface area contributed by atoms with Crippen molar-refractivity contribution in [2.75, 3.05) is 9.80 Å². The van der Waals surface area contributed by atoms with Crippen LogP contribution in [-0.4, -0.2) is 6.71 Å². The Bertz CT molecular complexity index is 4370. The van der Waals surface area contributed by atoms with Gasteiger partial charge in [-0.2, -0.15) is 0 Å². The summed E-state index contributed by atoms with van der Waals surface area (Å²) in [7, 11) is 0. The van der Waals surface area contributed by atoms with Crippen molar-refractivity contribution in [3.63, 3.8) is 0 Å². The summed E-state index contributed by atoms with van der Waals surface area (Å²) in [5.74, 6) is 0. The number of anilines is 6. The van der Waals surface area contributed by atoms with Crippen LogP contribution in [0.5, 0.6) is 0 Å². The fourth-order valence-corrected chi connectivity index (χ4v) is 12.5. The lowest BCUT2D eigenvalue weighted by molar-refractivity contribution is 0.669. The second kappa shape index (κ2) is 15.9. The van der Waals surface area contributed by atoms with E-state index in [4.69, 9.17) is 4.42 Å². The van der Waals surface area contributed by atoms with Gasteiger partial charge in [-0.25, -0.2) is 0 Å². The van der Waals surface area contributed by atoms with Crippen LogP contribution in [0.3, 0.4) is 0 Å². The molecule has 4 heteroatoms. The largest absolute Gasteiger partial charge is 0.456 e. The molecule has 14 aromatic rings. The van der Waals surface area contributed by atoms with Crippen LogP contribution in [0.4, 0.5) is 34.1 Å². The normalized spacial score (nSPS) is 12.8. The van der Waals surface area contributed by atoms with Crippen LogP contribution in [0, 0.1) is 0 Å². The summed E-state index contributed by atoms with van der Waals surface area (Å²) in [6, 6.07) is 96.7. The van der Waals surface area contributed by atoms with E-state index in [0.717, 1.165) is 55.8 Å². The lowest BCUT2D eigenvalue weighted by Crippen LogP contribution is -2.61. The third-order valence-electron chi connectivity index (χ3n) is 15.9. The van der Waals surface area contributed by atoms with Crippen LogP contribution in [0.2, 0.25) is 0 Å². The van der Waals surface area contributed by atoms with E-state index >= 15 is 0 Å². The predicted octanol–water partition coefficient (Wildman–Crippen LogP) is 17.3. The number of rotatable bonds is 5. The monoisotopic (exact) mass is 938 g/mol. The maximum Gasteiger partial charge on any atom is 0.252 e. The van der Waals surface area contributed by atoms with E-state index < -0.39 is 0 Å². The number of nitrogens with zero attached hydrogens (tertiary/aromatic N) is 2. The summed E-state index contributed by atoms with van der Waals surface area (Å²) in [6.07, 6.45) is 0. The van der Waals surface area contributed by atoms with E-state index in [1.807, 2.05) is 6.07 Å². The van der Waals surface area contributed by atoms with Gasteiger partial charge in [0.1, 0.15) is 11.2 Å². The Morgan fingerprint density at radius 1 is 0.270 bits per heavy atom. The molecule has 0 saturated heterocycles. The van der Waals surface area contributed by atoms with Crippen molar-refractivity contribution in [3.05, 3.63) is 261 Å². The van der Waals surface area contributed by atoms with E-state index in [0.29, 0.717) is 0 Å². The highest BCUT2D eigenvalue weighted by Crippen LogP contribution is 2.50. The van der Waals surface area contributed by atoms with Gasteiger partial charge < -0.3 is 14.2 Å². The minimum Gasteiger partial charge on any atom is -0.456 e. The van der Waals surface area contributed by atoms with E-state index in [1.54, 1.807) is 0 Å². The van der Waals surface area contributed by atoms with Gasteiger partial charge in [0, 0.05) is 55.7 Å². The number of furan rings is 1. The highest BCUT2D eigenvalue weighted by atomic mass is 16.3. The van der Waals surface area contributed by atoms with Gasteiger partial charge >= 0.3 is 0 Å². The Labute approximate surface area is 428 Å². The van der Waals surface area contributed by atoms with Gasteiger partial charge in [-0.15, -0.1) is 0 Å². The third kappa shape index (κ3) is 6.22. The third-order valence-corrected chi connectivity index (χ3v) is 15.9. The highest BCUT2D eigenvalue weighted by molar-refractivity contribution is 7.00. The van der Waals surface area contributed by atoms with Crippen LogP contribution in [0.25, 0.3) is 98.4 Å². The lowest BCUT2D eigenvalue weighted by Gasteiger charge is -2.45. The molecule has 0 atom stereocenters. The highest BCUT2D eigenvalue weighted by Gasteiger charge is 2.45. The Kier molecular flexibility index (Phi) is 8.83. The van der Waals surface area contributed by atoms with Crippen molar-refractivity contribution in [1.82, 2.24) is 0 Å². The minimum absolute atomic E-state index is 0.0919. The summed E-state index contributed by atoms with van der Waals surface area (Å²) in [4.78, 5) is 5.17. The van der Waals surface area contributed by atoms with Gasteiger partial charge in [-0.3, -0.25) is 0 Å². The first-order chi connectivity index (χ1) is 36.7. The number of hydrogen-bond donors (Lipinski definition) is 0. The van der Waals surface area contributed by atoms with Crippen LogP contribution < -0.4 is 26.2 Å². The van der Waals surface area contributed by atoms with E-state index in [9.17, 15) is 0 Å². The molecule has 0 spiro atoms. The standard InChI is InChI=1S/C70H43BN2O/c1-3-13-44(14-4-1)46-23-30-56(31-24-46)72-64-42-55(52-29-36-67-61(41-52)58-21-11-12-22-66(58)74-67)43-65-68(64)71(62-34-27-53-37-48-17-7-9-19-50(48)39-59(53)69(62)72)63-35-28-54-38-49-18-8-10-20-51(49)40-60(54)70(63)73(65)57-32-25-47(26-33-57)45-15-5-2-6-16-45/h1-43H. The number of para-hydroxylation sites is 1. The Hall–Kier alpha value is -9.64. The van der Waals surface area contributed by atoms with Gasteiger partial charge in [-0.1, -0.05) is 182 Å². The first kappa shape index (κ1) is 41.0. The number of hydrogen-bond acceptors (Lipinski definition) is 3. The first-order valence-electron chi connectivity index (χ1n) is 25.6. The van der Waals surface area contributed by atoms with Crippen molar-refractivity contribution in [3.8, 4) is 33.4 Å². The summed E-state index contributed by atoms with van der Waals surface area (Å²) in [5.41, 5.74) is 19.6. The minimum atomic E-state index is -0.0919. The molecule has 342 valence electrons. The SMILES string of the molecule is c1ccc(-c2ccc(N3c4cc(-c5ccc6oc7ccccc7c6c5)cc5c4B(c4ccc6cc7ccccc7cc6c43)c3ccc4cc6ccccc6cc4c3N5c3ccc(-c4ccccc4)cc3)cc2)cc1. The molecule has 1 aromatic heterocycles. The van der Waals surface area contributed by atoms with E-state index in [1.165, 1.54) is 93.1 Å². The molecule has 2 aliphatic rings. The van der Waals surface area contributed by atoms with Gasteiger partial charge in [0.05, 0.1) is 0 Å². The molecule has 0 radical (unpaired) electrons.